The van der Waals surface area contributed by atoms with Crippen molar-refractivity contribution in [1.82, 2.24) is 9.88 Å². The highest BCUT2D eigenvalue weighted by molar-refractivity contribution is 6.32. The molecule has 1 fully saturated rings. The van der Waals surface area contributed by atoms with Gasteiger partial charge in [0.2, 0.25) is 5.91 Å². The lowest BCUT2D eigenvalue weighted by molar-refractivity contribution is -0.130. The summed E-state index contributed by atoms with van der Waals surface area (Å²) in [7, 11) is 0. The van der Waals surface area contributed by atoms with Gasteiger partial charge in [-0.05, 0) is 28.7 Å². The zero-order chi connectivity index (χ0) is 18.7. The first-order chi connectivity index (χ1) is 12.3. The molecule has 4 nitrogen and oxygen atoms in total. The SMILES string of the molecule is CC(C)(C)c1ccc(CC(=O)N2CCN(c3ncccc3Cl)CC2)cc1. The fourth-order valence-electron chi connectivity index (χ4n) is 3.19. The van der Waals surface area contributed by atoms with Gasteiger partial charge in [-0.2, -0.15) is 0 Å². The molecule has 0 radical (unpaired) electrons. The van der Waals surface area contributed by atoms with Gasteiger partial charge >= 0.3 is 0 Å². The average molecular weight is 372 g/mol. The maximum Gasteiger partial charge on any atom is 0.227 e. The van der Waals surface area contributed by atoms with Crippen LogP contribution in [0.5, 0.6) is 0 Å². The number of pyridine rings is 1. The number of carbonyl (C=O) groups is 1. The fraction of sp³-hybridized carbons (Fsp3) is 0.429. The van der Waals surface area contributed by atoms with Gasteiger partial charge in [0.15, 0.2) is 0 Å². The zero-order valence-electron chi connectivity index (χ0n) is 15.7. The molecule has 1 aromatic carbocycles. The molecule has 138 valence electrons. The van der Waals surface area contributed by atoms with Crippen molar-refractivity contribution in [3.05, 3.63) is 58.7 Å². The Kier molecular flexibility index (Phi) is 5.52. The Hall–Kier alpha value is -2.07. The van der Waals surface area contributed by atoms with Gasteiger partial charge in [0, 0.05) is 32.4 Å². The Balaban J connectivity index is 1.56. The molecule has 0 atom stereocenters. The van der Waals surface area contributed by atoms with Crippen LogP contribution in [0.4, 0.5) is 5.82 Å². The van der Waals surface area contributed by atoms with E-state index in [9.17, 15) is 4.79 Å². The topological polar surface area (TPSA) is 36.4 Å². The number of anilines is 1. The molecule has 1 amide bonds. The Morgan fingerprint density at radius 3 is 2.31 bits per heavy atom. The fourth-order valence-corrected chi connectivity index (χ4v) is 3.43. The van der Waals surface area contributed by atoms with Crippen molar-refractivity contribution in [2.24, 2.45) is 0 Å². The van der Waals surface area contributed by atoms with Crippen LogP contribution < -0.4 is 4.90 Å². The van der Waals surface area contributed by atoms with Crippen LogP contribution in [0.2, 0.25) is 5.02 Å². The molecule has 0 unspecified atom stereocenters. The largest absolute Gasteiger partial charge is 0.352 e. The van der Waals surface area contributed by atoms with Crippen molar-refractivity contribution in [1.29, 1.82) is 0 Å². The molecular formula is C21H26ClN3O. The number of hydrogen-bond acceptors (Lipinski definition) is 3. The van der Waals surface area contributed by atoms with Gasteiger partial charge in [0.05, 0.1) is 11.4 Å². The quantitative estimate of drug-likeness (QED) is 0.820. The van der Waals surface area contributed by atoms with Crippen LogP contribution in [0.3, 0.4) is 0 Å². The number of halogens is 1. The normalized spacial score (nSPS) is 15.2. The molecule has 0 bridgehead atoms. The minimum atomic E-state index is 0.131. The van der Waals surface area contributed by atoms with Crippen LogP contribution in [0.15, 0.2) is 42.6 Å². The molecule has 1 aliphatic rings. The second-order valence-corrected chi connectivity index (χ2v) is 8.21. The van der Waals surface area contributed by atoms with Gasteiger partial charge in [-0.25, -0.2) is 4.98 Å². The van der Waals surface area contributed by atoms with E-state index < -0.39 is 0 Å². The predicted molar refractivity (Wildman–Crippen MR) is 107 cm³/mol. The summed E-state index contributed by atoms with van der Waals surface area (Å²) >= 11 is 6.22. The third kappa shape index (κ3) is 4.36. The maximum atomic E-state index is 12.6. The highest BCUT2D eigenvalue weighted by atomic mass is 35.5. The minimum Gasteiger partial charge on any atom is -0.352 e. The number of nitrogens with zero attached hydrogens (tertiary/aromatic N) is 3. The van der Waals surface area contributed by atoms with E-state index in [1.165, 1.54) is 5.56 Å². The molecule has 2 heterocycles. The molecule has 3 rings (SSSR count). The molecule has 1 saturated heterocycles. The summed E-state index contributed by atoms with van der Waals surface area (Å²) in [6.45, 7) is 9.50. The lowest BCUT2D eigenvalue weighted by Gasteiger charge is -2.35. The van der Waals surface area contributed by atoms with Crippen molar-refractivity contribution in [3.8, 4) is 0 Å². The zero-order valence-corrected chi connectivity index (χ0v) is 16.5. The van der Waals surface area contributed by atoms with Crippen molar-refractivity contribution in [3.63, 3.8) is 0 Å². The summed E-state index contributed by atoms with van der Waals surface area (Å²) in [5.41, 5.74) is 2.48. The van der Waals surface area contributed by atoms with Crippen LogP contribution >= 0.6 is 11.6 Å². The molecule has 0 N–H and O–H groups in total. The van der Waals surface area contributed by atoms with E-state index in [0.717, 1.165) is 24.5 Å². The van der Waals surface area contributed by atoms with Gasteiger partial charge in [-0.1, -0.05) is 56.6 Å². The molecule has 26 heavy (non-hydrogen) atoms. The Bertz CT molecular complexity index is 760. The maximum absolute atomic E-state index is 12.6. The highest BCUT2D eigenvalue weighted by Gasteiger charge is 2.23. The van der Waals surface area contributed by atoms with Crippen LogP contribution in [-0.4, -0.2) is 42.0 Å². The summed E-state index contributed by atoms with van der Waals surface area (Å²) in [6, 6.07) is 12.1. The van der Waals surface area contributed by atoms with Crippen molar-refractivity contribution < 1.29 is 4.79 Å². The predicted octanol–water partition coefficient (Wildman–Crippen LogP) is 3.92. The third-order valence-corrected chi connectivity index (χ3v) is 5.14. The summed E-state index contributed by atoms with van der Waals surface area (Å²) in [4.78, 5) is 21.1. The Morgan fingerprint density at radius 1 is 1.08 bits per heavy atom. The van der Waals surface area contributed by atoms with Crippen molar-refractivity contribution >= 4 is 23.3 Å². The second kappa shape index (κ2) is 7.67. The summed E-state index contributed by atoms with van der Waals surface area (Å²) in [5.74, 6) is 0.985. The molecule has 0 saturated carbocycles. The second-order valence-electron chi connectivity index (χ2n) is 7.80. The first kappa shape index (κ1) is 18.7. The number of carbonyl (C=O) groups excluding carboxylic acids is 1. The third-order valence-electron chi connectivity index (χ3n) is 4.85. The summed E-state index contributed by atoms with van der Waals surface area (Å²) in [5, 5.41) is 0.659. The number of aromatic nitrogens is 1. The van der Waals surface area contributed by atoms with E-state index >= 15 is 0 Å². The van der Waals surface area contributed by atoms with Crippen LogP contribution in [0, 0.1) is 0 Å². The van der Waals surface area contributed by atoms with E-state index in [4.69, 9.17) is 11.6 Å². The smallest absolute Gasteiger partial charge is 0.227 e. The number of hydrogen-bond donors (Lipinski definition) is 0. The Labute approximate surface area is 160 Å². The van der Waals surface area contributed by atoms with E-state index in [2.05, 4.69) is 54.9 Å². The number of amides is 1. The number of piperazine rings is 1. The van der Waals surface area contributed by atoms with Gasteiger partial charge in [-0.3, -0.25) is 4.79 Å². The average Bonchev–Trinajstić information content (AvgIpc) is 2.62. The van der Waals surface area contributed by atoms with Crippen LogP contribution in [-0.2, 0) is 16.6 Å². The molecule has 2 aromatic rings. The van der Waals surface area contributed by atoms with Gasteiger partial charge in [-0.15, -0.1) is 0 Å². The first-order valence-electron chi connectivity index (χ1n) is 9.07. The van der Waals surface area contributed by atoms with Crippen LogP contribution in [0.25, 0.3) is 0 Å². The van der Waals surface area contributed by atoms with Crippen LogP contribution in [0.1, 0.15) is 31.9 Å². The lowest BCUT2D eigenvalue weighted by atomic mass is 9.86. The first-order valence-corrected chi connectivity index (χ1v) is 9.45. The van der Waals surface area contributed by atoms with E-state index in [-0.39, 0.29) is 11.3 Å². The molecule has 1 aliphatic heterocycles. The summed E-state index contributed by atoms with van der Waals surface area (Å²) < 4.78 is 0. The summed E-state index contributed by atoms with van der Waals surface area (Å²) in [6.07, 6.45) is 2.20. The van der Waals surface area contributed by atoms with Crippen molar-refractivity contribution in [2.75, 3.05) is 31.1 Å². The van der Waals surface area contributed by atoms with Crippen molar-refractivity contribution in [2.45, 2.75) is 32.6 Å². The minimum absolute atomic E-state index is 0.131. The number of rotatable bonds is 3. The Morgan fingerprint density at radius 2 is 1.73 bits per heavy atom. The monoisotopic (exact) mass is 371 g/mol. The van der Waals surface area contributed by atoms with Gasteiger partial charge < -0.3 is 9.80 Å². The molecule has 0 spiro atoms. The standard InChI is InChI=1S/C21H26ClN3O/c1-21(2,3)17-8-6-16(7-9-17)15-19(26)24-11-13-25(14-12-24)20-18(22)5-4-10-23-20/h4-10H,11-15H2,1-3H3. The van der Waals surface area contributed by atoms with Gasteiger partial charge in [0.25, 0.3) is 0 Å². The highest BCUT2D eigenvalue weighted by Crippen LogP contribution is 2.24. The molecule has 5 heteroatoms. The van der Waals surface area contributed by atoms with E-state index in [1.807, 2.05) is 17.0 Å². The van der Waals surface area contributed by atoms with E-state index in [1.54, 1.807) is 6.20 Å². The van der Waals surface area contributed by atoms with E-state index in [0.29, 0.717) is 24.5 Å². The molecule has 1 aromatic heterocycles. The molecule has 0 aliphatic carbocycles. The molecular weight excluding hydrogens is 346 g/mol. The number of benzene rings is 1. The van der Waals surface area contributed by atoms with Gasteiger partial charge in [0.1, 0.15) is 5.82 Å². The lowest BCUT2D eigenvalue weighted by Crippen LogP contribution is -2.49.